The summed E-state index contributed by atoms with van der Waals surface area (Å²) in [6.07, 6.45) is 2.32. The summed E-state index contributed by atoms with van der Waals surface area (Å²) in [6, 6.07) is 76.5. The molecule has 0 spiro atoms. The Morgan fingerprint density at radius 1 is 0.343 bits per heavy atom. The van der Waals surface area contributed by atoms with E-state index in [4.69, 9.17) is 15.0 Å². The van der Waals surface area contributed by atoms with Gasteiger partial charge >= 0.3 is 0 Å². The van der Waals surface area contributed by atoms with E-state index in [2.05, 4.69) is 225 Å². The van der Waals surface area contributed by atoms with E-state index in [0.29, 0.717) is 17.6 Å². The molecule has 0 N–H and O–H groups in total. The van der Waals surface area contributed by atoms with Crippen LogP contribution in [-0.2, 0) is 10.8 Å². The molecule has 0 aliphatic heterocycles. The monoisotopic (exact) mass is 901 g/mol. The molecule has 0 unspecified atom stereocenters. The molecule has 3 aromatic heterocycles. The molecule has 70 heavy (non-hydrogen) atoms. The first kappa shape index (κ1) is 41.8. The molecule has 0 fully saturated rings. The molecule has 5 nitrogen and oxygen atoms in total. The third-order valence-electron chi connectivity index (χ3n) is 15.0. The molecule has 3 heterocycles. The van der Waals surface area contributed by atoms with Crippen molar-refractivity contribution in [3.63, 3.8) is 0 Å². The van der Waals surface area contributed by atoms with E-state index in [9.17, 15) is 0 Å². The van der Waals surface area contributed by atoms with Crippen LogP contribution in [0.2, 0.25) is 0 Å². The van der Waals surface area contributed by atoms with Crippen molar-refractivity contribution < 1.29 is 0 Å². The molecule has 9 aromatic carbocycles. The number of fused-ring (bicyclic) bond motifs is 7. The summed E-state index contributed by atoms with van der Waals surface area (Å²) >= 11 is 0. The second-order valence-electron chi connectivity index (χ2n) is 20.2. The van der Waals surface area contributed by atoms with Crippen molar-refractivity contribution in [3.8, 4) is 67.8 Å². The number of benzene rings is 9. The fraction of sp³-hybridized carbons (Fsp3) is 0.123. The Balaban J connectivity index is 1.06. The quantitative estimate of drug-likeness (QED) is 0.160. The molecular weight excluding hydrogens is 851 g/mol. The van der Waals surface area contributed by atoms with Gasteiger partial charge in [-0.15, -0.1) is 0 Å². The molecule has 0 atom stereocenters. The van der Waals surface area contributed by atoms with Crippen LogP contribution >= 0.6 is 0 Å². The van der Waals surface area contributed by atoms with E-state index in [1.165, 1.54) is 50.6 Å². The third-order valence-corrected chi connectivity index (χ3v) is 15.0. The van der Waals surface area contributed by atoms with Crippen LogP contribution < -0.4 is 0 Å². The summed E-state index contributed by atoms with van der Waals surface area (Å²) in [6.45, 7) is 9.70. The maximum atomic E-state index is 5.39. The molecule has 1 aliphatic carbocycles. The van der Waals surface area contributed by atoms with Gasteiger partial charge in [-0.25, -0.2) is 4.98 Å². The number of aromatic nitrogens is 5. The van der Waals surface area contributed by atoms with Gasteiger partial charge in [0, 0.05) is 38.2 Å². The molecule has 0 amide bonds. The van der Waals surface area contributed by atoms with Gasteiger partial charge in [0.25, 0.3) is 0 Å². The van der Waals surface area contributed by atoms with E-state index in [-0.39, 0.29) is 10.8 Å². The maximum Gasteiger partial charge on any atom is 0.238 e. The Labute approximate surface area is 408 Å². The number of rotatable bonds is 7. The Morgan fingerprint density at radius 2 is 0.843 bits per heavy atom. The zero-order chi connectivity index (χ0) is 47.1. The zero-order valence-electron chi connectivity index (χ0n) is 39.9. The molecule has 0 saturated heterocycles. The van der Waals surface area contributed by atoms with Crippen molar-refractivity contribution in [2.75, 3.05) is 0 Å². The zero-order valence-corrected chi connectivity index (χ0v) is 39.9. The van der Waals surface area contributed by atoms with Crippen molar-refractivity contribution >= 4 is 43.6 Å². The van der Waals surface area contributed by atoms with Gasteiger partial charge in [0.1, 0.15) is 0 Å². The van der Waals surface area contributed by atoms with E-state index < -0.39 is 0 Å². The molecule has 12 aromatic rings. The predicted octanol–water partition coefficient (Wildman–Crippen LogP) is 16.7. The lowest BCUT2D eigenvalue weighted by Crippen LogP contribution is -2.34. The molecule has 0 bridgehead atoms. The lowest BCUT2D eigenvalue weighted by molar-refractivity contribution is 0.333. The van der Waals surface area contributed by atoms with Crippen LogP contribution in [-0.4, -0.2) is 24.1 Å². The first-order chi connectivity index (χ1) is 34.2. The van der Waals surface area contributed by atoms with Crippen molar-refractivity contribution in [2.45, 2.75) is 51.4 Å². The molecule has 5 heteroatoms. The van der Waals surface area contributed by atoms with Gasteiger partial charge in [-0.05, 0) is 99.0 Å². The van der Waals surface area contributed by atoms with Crippen LogP contribution in [0.25, 0.3) is 111 Å². The summed E-state index contributed by atoms with van der Waals surface area (Å²) < 4.78 is 4.73. The van der Waals surface area contributed by atoms with Gasteiger partial charge < -0.3 is 4.57 Å². The van der Waals surface area contributed by atoms with Crippen molar-refractivity contribution in [1.82, 2.24) is 24.1 Å². The number of hydrogen-bond donors (Lipinski definition) is 0. The van der Waals surface area contributed by atoms with Gasteiger partial charge in [0.05, 0.1) is 27.8 Å². The molecule has 0 radical (unpaired) electrons. The standard InChI is InChI=1S/C65H51N5/c1-64(2)37-38-65(3,4)60-51(32-20-33-54(60)64)47-28-12-11-27-46(47)48-29-13-16-34-55(48)69-56-35-17-14-30-49(56)52-40-53-50-31-15-18-36-57(50)70(59(53)41-58(52)69)63-67-61(43-23-9-6-10-24-43)66-62(68-63)45-26-19-25-44(39-45)42-21-7-5-8-22-42/h5-36,39-41H,37-38H2,1-4H3. The number of hydrogen-bond acceptors (Lipinski definition) is 3. The van der Waals surface area contributed by atoms with Gasteiger partial charge in [0.2, 0.25) is 5.95 Å². The highest BCUT2D eigenvalue weighted by Gasteiger charge is 2.39. The van der Waals surface area contributed by atoms with Gasteiger partial charge in [-0.2, -0.15) is 9.97 Å². The summed E-state index contributed by atoms with van der Waals surface area (Å²) in [5.74, 6) is 1.79. The minimum Gasteiger partial charge on any atom is -0.309 e. The van der Waals surface area contributed by atoms with Crippen molar-refractivity contribution in [3.05, 3.63) is 223 Å². The normalized spacial score (nSPS) is 14.1. The van der Waals surface area contributed by atoms with E-state index in [1.807, 2.05) is 24.3 Å². The van der Waals surface area contributed by atoms with Crippen molar-refractivity contribution in [2.24, 2.45) is 0 Å². The maximum absolute atomic E-state index is 5.39. The van der Waals surface area contributed by atoms with Crippen LogP contribution in [0.4, 0.5) is 0 Å². The second-order valence-corrected chi connectivity index (χ2v) is 20.2. The van der Waals surface area contributed by atoms with Crippen LogP contribution in [0.15, 0.2) is 212 Å². The highest BCUT2D eigenvalue weighted by molar-refractivity contribution is 6.19. The lowest BCUT2D eigenvalue weighted by Gasteiger charge is -2.43. The van der Waals surface area contributed by atoms with Crippen LogP contribution in [0, 0.1) is 0 Å². The molecular formula is C65H51N5. The van der Waals surface area contributed by atoms with Gasteiger partial charge in [-0.3, -0.25) is 4.57 Å². The molecule has 0 saturated carbocycles. The predicted molar refractivity (Wildman–Crippen MR) is 291 cm³/mol. The molecule has 336 valence electrons. The third kappa shape index (κ3) is 6.71. The second kappa shape index (κ2) is 16.1. The highest BCUT2D eigenvalue weighted by Crippen LogP contribution is 2.51. The average molecular weight is 902 g/mol. The molecule has 13 rings (SSSR count). The summed E-state index contributed by atoms with van der Waals surface area (Å²) in [4.78, 5) is 15.9. The first-order valence-electron chi connectivity index (χ1n) is 24.5. The SMILES string of the molecule is CC1(C)CCC(C)(C)c2c(-c3ccccc3-c3ccccc3-n3c4ccccc4c4cc5c6ccccc6n(-c6nc(-c7ccccc7)nc(-c7cccc(-c8ccccc8)c7)n6)c5cc43)cccc21. The van der Waals surface area contributed by atoms with E-state index in [0.717, 1.165) is 67.2 Å². The lowest BCUT2D eigenvalue weighted by atomic mass is 9.61. The van der Waals surface area contributed by atoms with Gasteiger partial charge in [0.15, 0.2) is 11.6 Å². The largest absolute Gasteiger partial charge is 0.309 e. The van der Waals surface area contributed by atoms with E-state index in [1.54, 1.807) is 0 Å². The Kier molecular flexibility index (Phi) is 9.60. The number of nitrogens with zero attached hydrogens (tertiary/aromatic N) is 5. The fourth-order valence-electron chi connectivity index (χ4n) is 11.5. The summed E-state index contributed by atoms with van der Waals surface area (Å²) in [5.41, 5.74) is 17.6. The van der Waals surface area contributed by atoms with Crippen LogP contribution in [0.3, 0.4) is 0 Å². The Hall–Kier alpha value is -8.41. The van der Waals surface area contributed by atoms with Crippen molar-refractivity contribution in [1.29, 1.82) is 0 Å². The fourth-order valence-corrected chi connectivity index (χ4v) is 11.5. The molecule has 1 aliphatic rings. The topological polar surface area (TPSA) is 48.5 Å². The minimum absolute atomic E-state index is 0.0398. The van der Waals surface area contributed by atoms with Crippen LogP contribution in [0.5, 0.6) is 0 Å². The highest BCUT2D eigenvalue weighted by atomic mass is 15.2. The van der Waals surface area contributed by atoms with Crippen LogP contribution in [0.1, 0.15) is 51.7 Å². The Morgan fingerprint density at radius 3 is 1.56 bits per heavy atom. The summed E-state index contributed by atoms with van der Waals surface area (Å²) in [5, 5.41) is 4.66. The van der Waals surface area contributed by atoms with Gasteiger partial charge in [-0.1, -0.05) is 204 Å². The average Bonchev–Trinajstić information content (AvgIpc) is 3.91. The summed E-state index contributed by atoms with van der Waals surface area (Å²) in [7, 11) is 0. The minimum atomic E-state index is 0.0398. The van der Waals surface area contributed by atoms with E-state index >= 15 is 0 Å². The smallest absolute Gasteiger partial charge is 0.238 e. The Bertz CT molecular complexity index is 4010. The number of para-hydroxylation sites is 3. The first-order valence-corrected chi connectivity index (χ1v) is 24.5.